The van der Waals surface area contributed by atoms with Crippen molar-refractivity contribution in [1.82, 2.24) is 4.98 Å². The largest absolute Gasteiger partial charge is 0.457 e. The van der Waals surface area contributed by atoms with Gasteiger partial charge in [-0.15, -0.1) is 11.3 Å². The number of hydrogen-bond donors (Lipinski definition) is 0. The minimum Gasteiger partial charge on any atom is -0.457 e. The Bertz CT molecular complexity index is 1450. The van der Waals surface area contributed by atoms with E-state index in [2.05, 4.69) is 9.98 Å². The van der Waals surface area contributed by atoms with Crippen LogP contribution in [-0.4, -0.2) is 21.0 Å². The number of thioether (sulfide) groups is 1. The number of hydrogen-bond acceptors (Lipinski definition) is 8. The van der Waals surface area contributed by atoms with E-state index in [1.165, 1.54) is 46.2 Å². The molecule has 8 nitrogen and oxygen atoms in total. The second kappa shape index (κ2) is 9.26. The van der Waals surface area contributed by atoms with Gasteiger partial charge < -0.3 is 4.42 Å². The molecule has 0 N–H and O–H groups in total. The first-order chi connectivity index (χ1) is 16.5. The van der Waals surface area contributed by atoms with Crippen molar-refractivity contribution in [3.8, 4) is 11.3 Å². The maximum Gasteiger partial charge on any atom is 0.271 e. The number of benzene rings is 2. The SMILES string of the molecule is O=C1/C(=C\c2ccc(-c3ccc([N+](=O)[O-])cc3Cl)o2)S/C(=N/c2nccs2)N1c1ccccc1. The Kier molecular flexibility index (Phi) is 6.01. The number of nitro benzene ring substituents is 1. The molecule has 1 amide bonds. The fourth-order valence-electron chi connectivity index (χ4n) is 3.23. The molecule has 3 heterocycles. The molecule has 34 heavy (non-hydrogen) atoms. The lowest BCUT2D eigenvalue weighted by Gasteiger charge is -2.14. The van der Waals surface area contributed by atoms with E-state index in [0.29, 0.717) is 38.0 Å². The third-order valence-corrected chi connectivity index (χ3v) is 6.71. The first-order valence-corrected chi connectivity index (χ1v) is 11.9. The fraction of sp³-hybridized carbons (Fsp3) is 0. The van der Waals surface area contributed by atoms with Gasteiger partial charge in [0.05, 0.1) is 20.5 Å². The van der Waals surface area contributed by atoms with Crippen molar-refractivity contribution in [3.63, 3.8) is 0 Å². The normalized spacial score (nSPS) is 16.0. The van der Waals surface area contributed by atoms with Crippen LogP contribution in [0.25, 0.3) is 17.4 Å². The van der Waals surface area contributed by atoms with E-state index in [0.717, 1.165) is 0 Å². The molecule has 0 aliphatic carbocycles. The van der Waals surface area contributed by atoms with Gasteiger partial charge in [0.25, 0.3) is 11.6 Å². The fourth-order valence-corrected chi connectivity index (χ4v) is 5.02. The van der Waals surface area contributed by atoms with Crippen molar-refractivity contribution in [3.05, 3.63) is 98.0 Å². The van der Waals surface area contributed by atoms with E-state index < -0.39 is 4.92 Å². The van der Waals surface area contributed by atoms with Gasteiger partial charge in [0.2, 0.25) is 5.13 Å². The van der Waals surface area contributed by atoms with Crippen LogP contribution in [0.5, 0.6) is 0 Å². The van der Waals surface area contributed by atoms with E-state index in [1.807, 2.05) is 35.7 Å². The number of amidine groups is 1. The highest BCUT2D eigenvalue weighted by Crippen LogP contribution is 2.38. The van der Waals surface area contributed by atoms with Gasteiger partial charge in [-0.3, -0.25) is 19.8 Å². The molecule has 0 spiro atoms. The molecular weight excluding hydrogens is 496 g/mol. The minimum atomic E-state index is -0.514. The monoisotopic (exact) mass is 508 g/mol. The van der Waals surface area contributed by atoms with E-state index in [4.69, 9.17) is 16.0 Å². The topological polar surface area (TPSA) is 102 Å². The molecule has 0 saturated carbocycles. The average molecular weight is 509 g/mol. The lowest BCUT2D eigenvalue weighted by molar-refractivity contribution is -0.384. The Balaban J connectivity index is 1.48. The zero-order valence-electron chi connectivity index (χ0n) is 17.1. The summed E-state index contributed by atoms with van der Waals surface area (Å²) in [6.07, 6.45) is 3.29. The lowest BCUT2D eigenvalue weighted by atomic mass is 10.1. The van der Waals surface area contributed by atoms with Crippen molar-refractivity contribution < 1.29 is 14.1 Å². The zero-order chi connectivity index (χ0) is 23.7. The Labute approximate surface area is 206 Å². The van der Waals surface area contributed by atoms with Crippen molar-refractivity contribution >= 4 is 68.4 Å². The molecule has 0 unspecified atom stereocenters. The number of nitro groups is 1. The molecule has 168 valence electrons. The van der Waals surface area contributed by atoms with Crippen LogP contribution in [0.4, 0.5) is 16.5 Å². The number of rotatable bonds is 5. The quantitative estimate of drug-likeness (QED) is 0.167. The number of furan rings is 1. The van der Waals surface area contributed by atoms with Crippen LogP contribution >= 0.6 is 34.7 Å². The molecular formula is C23H13ClN4O4S2. The van der Waals surface area contributed by atoms with Crippen LogP contribution in [0, 0.1) is 10.1 Å². The maximum atomic E-state index is 13.3. The van der Waals surface area contributed by atoms with Crippen LogP contribution in [0.2, 0.25) is 5.02 Å². The van der Waals surface area contributed by atoms with Gasteiger partial charge in [0.15, 0.2) is 5.17 Å². The van der Waals surface area contributed by atoms with Crippen molar-refractivity contribution in [2.24, 2.45) is 4.99 Å². The highest BCUT2D eigenvalue weighted by Gasteiger charge is 2.35. The predicted octanol–water partition coefficient (Wildman–Crippen LogP) is 6.77. The predicted molar refractivity (Wildman–Crippen MR) is 135 cm³/mol. The number of amides is 1. The van der Waals surface area contributed by atoms with Crippen LogP contribution in [-0.2, 0) is 4.79 Å². The first-order valence-electron chi connectivity index (χ1n) is 9.81. The Morgan fingerprint density at radius 3 is 2.68 bits per heavy atom. The number of carbonyl (C=O) groups excluding carboxylic acids is 1. The summed E-state index contributed by atoms with van der Waals surface area (Å²) in [5.74, 6) is 0.625. The summed E-state index contributed by atoms with van der Waals surface area (Å²) >= 11 is 8.82. The summed E-state index contributed by atoms with van der Waals surface area (Å²) in [6.45, 7) is 0. The molecule has 2 aromatic heterocycles. The number of carbonyl (C=O) groups is 1. The molecule has 0 radical (unpaired) electrons. The van der Waals surface area contributed by atoms with Gasteiger partial charge in [0.1, 0.15) is 11.5 Å². The summed E-state index contributed by atoms with van der Waals surface area (Å²) in [4.78, 5) is 34.4. The molecule has 4 aromatic rings. The molecule has 1 fully saturated rings. The first kappa shape index (κ1) is 22.1. The van der Waals surface area contributed by atoms with Crippen LogP contribution < -0.4 is 4.90 Å². The van der Waals surface area contributed by atoms with Crippen molar-refractivity contribution in [1.29, 1.82) is 0 Å². The van der Waals surface area contributed by atoms with E-state index in [-0.39, 0.29) is 16.6 Å². The summed E-state index contributed by atoms with van der Waals surface area (Å²) in [5, 5.41) is 14.0. The highest BCUT2D eigenvalue weighted by atomic mass is 35.5. The summed E-state index contributed by atoms with van der Waals surface area (Å²) in [5.41, 5.74) is 1.10. The van der Waals surface area contributed by atoms with E-state index in [9.17, 15) is 14.9 Å². The molecule has 11 heteroatoms. The second-order valence-corrected chi connectivity index (χ2v) is 9.21. The number of para-hydroxylation sites is 1. The smallest absolute Gasteiger partial charge is 0.271 e. The number of thiazole rings is 1. The molecule has 2 aromatic carbocycles. The van der Waals surface area contributed by atoms with Crippen molar-refractivity contribution in [2.45, 2.75) is 0 Å². The summed E-state index contributed by atoms with van der Waals surface area (Å²) in [7, 11) is 0. The van der Waals surface area contributed by atoms with Gasteiger partial charge in [-0.2, -0.15) is 4.99 Å². The summed E-state index contributed by atoms with van der Waals surface area (Å²) < 4.78 is 5.88. The molecule has 0 bridgehead atoms. The maximum absolute atomic E-state index is 13.3. The summed E-state index contributed by atoms with van der Waals surface area (Å²) in [6, 6.07) is 16.8. The van der Waals surface area contributed by atoms with Gasteiger partial charge in [-0.1, -0.05) is 29.8 Å². The average Bonchev–Trinajstić information content (AvgIpc) is 3.57. The molecule has 0 atom stereocenters. The lowest BCUT2D eigenvalue weighted by Crippen LogP contribution is -2.28. The highest BCUT2D eigenvalue weighted by molar-refractivity contribution is 8.19. The number of non-ortho nitro benzene ring substituents is 1. The molecule has 1 saturated heterocycles. The van der Waals surface area contributed by atoms with Gasteiger partial charge in [-0.25, -0.2) is 4.98 Å². The zero-order valence-corrected chi connectivity index (χ0v) is 19.5. The molecule has 5 rings (SSSR count). The second-order valence-electron chi connectivity index (χ2n) is 6.92. The number of halogens is 1. The Hall–Kier alpha value is -3.73. The third-order valence-electron chi connectivity index (χ3n) is 4.76. The third kappa shape index (κ3) is 4.38. The number of anilines is 1. The van der Waals surface area contributed by atoms with Crippen molar-refractivity contribution in [2.75, 3.05) is 4.90 Å². The van der Waals surface area contributed by atoms with Gasteiger partial charge in [0, 0.05) is 35.3 Å². The van der Waals surface area contributed by atoms with E-state index in [1.54, 1.807) is 24.4 Å². The van der Waals surface area contributed by atoms with Crippen LogP contribution in [0.15, 0.2) is 86.6 Å². The Morgan fingerprint density at radius 2 is 1.97 bits per heavy atom. The standard InChI is InChI=1S/C23H13ClN4O4S2/c24-18-12-15(28(30)31)6-8-17(18)19-9-7-16(32-19)13-20-21(29)27(14-4-2-1-3-5-14)23(34-20)26-22-25-10-11-33-22/h1-13H/b20-13+,26-23+. The van der Waals surface area contributed by atoms with E-state index >= 15 is 0 Å². The van der Waals surface area contributed by atoms with Gasteiger partial charge in [-0.05, 0) is 42.1 Å². The Morgan fingerprint density at radius 1 is 1.15 bits per heavy atom. The number of nitrogens with zero attached hydrogens (tertiary/aromatic N) is 4. The van der Waals surface area contributed by atoms with Crippen LogP contribution in [0.3, 0.4) is 0 Å². The molecule has 1 aliphatic rings. The van der Waals surface area contributed by atoms with Gasteiger partial charge >= 0.3 is 0 Å². The van der Waals surface area contributed by atoms with Crippen LogP contribution in [0.1, 0.15) is 5.76 Å². The molecule has 1 aliphatic heterocycles. The number of aliphatic imine (C=N–C) groups is 1. The number of aromatic nitrogens is 1. The minimum absolute atomic E-state index is 0.108.